The van der Waals surface area contributed by atoms with Gasteiger partial charge in [0.25, 0.3) is 0 Å². The highest BCUT2D eigenvalue weighted by molar-refractivity contribution is 5.36. The number of benzene rings is 1. The number of rotatable bonds is 2. The molecule has 1 aromatic carbocycles. The molecule has 0 saturated heterocycles. The second kappa shape index (κ2) is 3.75. The second-order valence-electron chi connectivity index (χ2n) is 3.45. The zero-order chi connectivity index (χ0) is 10.0. The molecule has 1 atom stereocenters. The SMILES string of the molecule is CC(C)C(N)c1cccc(F)c1O. The molecule has 0 amide bonds. The van der Waals surface area contributed by atoms with Crippen LogP contribution in [0.25, 0.3) is 0 Å². The van der Waals surface area contributed by atoms with Gasteiger partial charge in [0.05, 0.1) is 0 Å². The lowest BCUT2D eigenvalue weighted by Gasteiger charge is -2.17. The number of para-hydroxylation sites is 1. The third-order valence-electron chi connectivity index (χ3n) is 2.10. The predicted octanol–water partition coefficient (Wildman–Crippen LogP) is 2.19. The highest BCUT2D eigenvalue weighted by Gasteiger charge is 2.16. The van der Waals surface area contributed by atoms with Gasteiger partial charge in [0, 0.05) is 11.6 Å². The van der Waals surface area contributed by atoms with Crippen LogP contribution in [0.3, 0.4) is 0 Å². The van der Waals surface area contributed by atoms with Crippen molar-refractivity contribution in [2.75, 3.05) is 0 Å². The molecule has 3 N–H and O–H groups in total. The van der Waals surface area contributed by atoms with Crippen molar-refractivity contribution < 1.29 is 9.50 Å². The van der Waals surface area contributed by atoms with E-state index in [0.29, 0.717) is 5.56 Å². The standard InChI is InChI=1S/C10H14FNO/c1-6(2)9(12)7-4-3-5-8(11)10(7)13/h3-6,9,13H,12H2,1-2H3. The van der Waals surface area contributed by atoms with Crippen molar-refractivity contribution >= 4 is 0 Å². The van der Waals surface area contributed by atoms with E-state index in [2.05, 4.69) is 0 Å². The maximum Gasteiger partial charge on any atom is 0.165 e. The Kier molecular flexibility index (Phi) is 2.88. The minimum Gasteiger partial charge on any atom is -0.505 e. The minimum absolute atomic E-state index is 0.174. The molecule has 72 valence electrons. The first-order valence-electron chi connectivity index (χ1n) is 4.27. The van der Waals surface area contributed by atoms with Crippen LogP contribution in [0.4, 0.5) is 4.39 Å². The first kappa shape index (κ1) is 9.99. The van der Waals surface area contributed by atoms with Crippen molar-refractivity contribution in [2.24, 2.45) is 11.7 Å². The maximum absolute atomic E-state index is 12.9. The highest BCUT2D eigenvalue weighted by atomic mass is 19.1. The van der Waals surface area contributed by atoms with Gasteiger partial charge in [-0.2, -0.15) is 0 Å². The van der Waals surface area contributed by atoms with E-state index >= 15 is 0 Å². The predicted molar refractivity (Wildman–Crippen MR) is 49.8 cm³/mol. The molecule has 0 heterocycles. The van der Waals surface area contributed by atoms with Gasteiger partial charge in [0.2, 0.25) is 0 Å². The van der Waals surface area contributed by atoms with Gasteiger partial charge in [-0.15, -0.1) is 0 Å². The van der Waals surface area contributed by atoms with Gasteiger partial charge < -0.3 is 10.8 Å². The number of hydrogen-bond donors (Lipinski definition) is 2. The lowest BCUT2D eigenvalue weighted by Crippen LogP contribution is -2.16. The Balaban J connectivity index is 3.07. The maximum atomic E-state index is 12.9. The van der Waals surface area contributed by atoms with Crippen molar-refractivity contribution in [2.45, 2.75) is 19.9 Å². The topological polar surface area (TPSA) is 46.2 Å². The molecule has 0 aliphatic rings. The number of aromatic hydroxyl groups is 1. The van der Waals surface area contributed by atoms with E-state index in [4.69, 9.17) is 5.73 Å². The van der Waals surface area contributed by atoms with Gasteiger partial charge in [-0.05, 0) is 12.0 Å². The summed E-state index contributed by atoms with van der Waals surface area (Å²) in [6, 6.07) is 4.08. The van der Waals surface area contributed by atoms with Crippen LogP contribution in [0, 0.1) is 11.7 Å². The number of hydrogen-bond acceptors (Lipinski definition) is 2. The molecule has 1 aromatic rings. The first-order valence-corrected chi connectivity index (χ1v) is 4.27. The Bertz CT molecular complexity index is 299. The molecule has 0 aromatic heterocycles. The molecule has 0 aliphatic carbocycles. The molecule has 3 heteroatoms. The Labute approximate surface area is 77.2 Å². The van der Waals surface area contributed by atoms with Crippen molar-refractivity contribution in [1.29, 1.82) is 0 Å². The first-order chi connectivity index (χ1) is 6.04. The lowest BCUT2D eigenvalue weighted by atomic mass is 9.96. The van der Waals surface area contributed by atoms with E-state index < -0.39 is 5.82 Å². The molecular formula is C10H14FNO. The molecule has 0 bridgehead atoms. The van der Waals surface area contributed by atoms with Crippen LogP contribution < -0.4 is 5.73 Å². The number of phenols is 1. The summed E-state index contributed by atoms with van der Waals surface area (Å²) in [5, 5.41) is 9.36. The van der Waals surface area contributed by atoms with Crippen molar-refractivity contribution in [1.82, 2.24) is 0 Å². The third-order valence-corrected chi connectivity index (χ3v) is 2.10. The van der Waals surface area contributed by atoms with Crippen molar-refractivity contribution in [3.05, 3.63) is 29.6 Å². The van der Waals surface area contributed by atoms with Crippen LogP contribution in [0.5, 0.6) is 5.75 Å². The molecule has 2 nitrogen and oxygen atoms in total. The summed E-state index contributed by atoms with van der Waals surface area (Å²) in [6.07, 6.45) is 0. The van der Waals surface area contributed by atoms with Crippen molar-refractivity contribution in [3.8, 4) is 5.75 Å². The number of nitrogens with two attached hydrogens (primary N) is 1. The fourth-order valence-corrected chi connectivity index (χ4v) is 1.16. The van der Waals surface area contributed by atoms with E-state index in [1.54, 1.807) is 12.1 Å². The third kappa shape index (κ3) is 1.98. The van der Waals surface area contributed by atoms with Gasteiger partial charge >= 0.3 is 0 Å². The largest absolute Gasteiger partial charge is 0.505 e. The van der Waals surface area contributed by atoms with Crippen molar-refractivity contribution in [3.63, 3.8) is 0 Å². The lowest BCUT2D eigenvalue weighted by molar-refractivity contribution is 0.407. The van der Waals surface area contributed by atoms with Crippen LogP contribution in [0.1, 0.15) is 25.5 Å². The minimum atomic E-state index is -0.617. The average Bonchev–Trinajstić information content (AvgIpc) is 2.08. The van der Waals surface area contributed by atoms with Gasteiger partial charge in [0.1, 0.15) is 0 Å². The Morgan fingerprint density at radius 3 is 2.54 bits per heavy atom. The molecule has 13 heavy (non-hydrogen) atoms. The molecular weight excluding hydrogens is 169 g/mol. The molecule has 0 fully saturated rings. The highest BCUT2D eigenvalue weighted by Crippen LogP contribution is 2.29. The van der Waals surface area contributed by atoms with E-state index in [0.717, 1.165) is 0 Å². The average molecular weight is 183 g/mol. The molecule has 0 aliphatic heterocycles. The quantitative estimate of drug-likeness (QED) is 0.738. The smallest absolute Gasteiger partial charge is 0.165 e. The normalized spacial score (nSPS) is 13.3. The van der Waals surface area contributed by atoms with Gasteiger partial charge in [-0.25, -0.2) is 4.39 Å². The van der Waals surface area contributed by atoms with E-state index in [1.807, 2.05) is 13.8 Å². The number of halogens is 1. The summed E-state index contributed by atoms with van der Waals surface area (Å²) in [5.74, 6) is -0.773. The van der Waals surface area contributed by atoms with E-state index in [-0.39, 0.29) is 17.7 Å². The summed E-state index contributed by atoms with van der Waals surface area (Å²) in [5.41, 5.74) is 6.25. The molecule has 0 saturated carbocycles. The van der Waals surface area contributed by atoms with Gasteiger partial charge in [-0.3, -0.25) is 0 Å². The Morgan fingerprint density at radius 1 is 1.38 bits per heavy atom. The number of phenolic OH excluding ortho intramolecular Hbond substituents is 1. The van der Waals surface area contributed by atoms with Gasteiger partial charge in [-0.1, -0.05) is 26.0 Å². The summed E-state index contributed by atoms with van der Waals surface area (Å²) in [4.78, 5) is 0. The van der Waals surface area contributed by atoms with E-state index in [9.17, 15) is 9.50 Å². The van der Waals surface area contributed by atoms with E-state index in [1.165, 1.54) is 6.07 Å². The summed E-state index contributed by atoms with van der Waals surface area (Å²) >= 11 is 0. The summed E-state index contributed by atoms with van der Waals surface area (Å²) in [7, 11) is 0. The molecule has 1 unspecified atom stereocenters. The Morgan fingerprint density at radius 2 is 2.00 bits per heavy atom. The zero-order valence-electron chi connectivity index (χ0n) is 7.79. The molecule has 1 rings (SSSR count). The van der Waals surface area contributed by atoms with Crippen LogP contribution >= 0.6 is 0 Å². The Hall–Kier alpha value is -1.09. The molecule has 0 spiro atoms. The van der Waals surface area contributed by atoms with Gasteiger partial charge in [0.15, 0.2) is 11.6 Å². The summed E-state index contributed by atoms with van der Waals surface area (Å²) in [6.45, 7) is 3.85. The van der Waals surface area contributed by atoms with Crippen LogP contribution in [0.2, 0.25) is 0 Å². The second-order valence-corrected chi connectivity index (χ2v) is 3.45. The summed E-state index contributed by atoms with van der Waals surface area (Å²) < 4.78 is 12.9. The van der Waals surface area contributed by atoms with Crippen LogP contribution in [-0.4, -0.2) is 5.11 Å². The fraction of sp³-hybridized carbons (Fsp3) is 0.400. The monoisotopic (exact) mass is 183 g/mol. The molecule has 0 radical (unpaired) electrons. The van der Waals surface area contributed by atoms with Crippen LogP contribution in [-0.2, 0) is 0 Å². The zero-order valence-corrected chi connectivity index (χ0v) is 7.79. The van der Waals surface area contributed by atoms with Crippen LogP contribution in [0.15, 0.2) is 18.2 Å². The fourth-order valence-electron chi connectivity index (χ4n) is 1.16.